The lowest BCUT2D eigenvalue weighted by molar-refractivity contribution is -0.113. The lowest BCUT2D eigenvalue weighted by Gasteiger charge is -2.14. The van der Waals surface area contributed by atoms with Gasteiger partial charge in [0, 0.05) is 27.2 Å². The van der Waals surface area contributed by atoms with Gasteiger partial charge in [-0.3, -0.25) is 9.69 Å². The van der Waals surface area contributed by atoms with Crippen LogP contribution in [0, 0.1) is 0 Å². The summed E-state index contributed by atoms with van der Waals surface area (Å²) >= 11 is 15.2. The van der Waals surface area contributed by atoms with Crippen molar-refractivity contribution in [3.63, 3.8) is 0 Å². The zero-order chi connectivity index (χ0) is 18.8. The lowest BCUT2D eigenvalue weighted by Crippen LogP contribution is -2.28. The van der Waals surface area contributed by atoms with Gasteiger partial charge in [0.1, 0.15) is 0 Å². The minimum atomic E-state index is -0.183. The molecule has 1 fully saturated rings. The second kappa shape index (κ2) is 7.86. The number of anilines is 1. The molecule has 2 aromatic carbocycles. The van der Waals surface area contributed by atoms with E-state index in [0.717, 1.165) is 5.69 Å². The Labute approximate surface area is 174 Å². The highest BCUT2D eigenvalue weighted by Crippen LogP contribution is 2.39. The molecule has 0 aliphatic carbocycles. The number of thiazole rings is 1. The molecule has 8 heteroatoms. The predicted octanol–water partition coefficient (Wildman–Crippen LogP) is 6.26. The molecular weight excluding hydrogens is 421 g/mol. The first-order valence-corrected chi connectivity index (χ1v) is 10.3. The molecule has 1 aromatic heterocycles. The van der Waals surface area contributed by atoms with Crippen molar-refractivity contribution in [3.8, 4) is 0 Å². The van der Waals surface area contributed by atoms with Gasteiger partial charge in [0.25, 0.3) is 5.91 Å². The minimum absolute atomic E-state index is 0.183. The van der Waals surface area contributed by atoms with Gasteiger partial charge in [-0.15, -0.1) is 11.3 Å². The van der Waals surface area contributed by atoms with Crippen molar-refractivity contribution in [3.05, 3.63) is 80.6 Å². The second-order valence-electron chi connectivity index (χ2n) is 5.43. The summed E-state index contributed by atoms with van der Waals surface area (Å²) in [6.07, 6.45) is 3.39. The van der Waals surface area contributed by atoms with E-state index in [9.17, 15) is 4.79 Å². The number of amidine groups is 1. The third-order valence-electron chi connectivity index (χ3n) is 3.71. The van der Waals surface area contributed by atoms with Gasteiger partial charge in [0.15, 0.2) is 5.17 Å². The summed E-state index contributed by atoms with van der Waals surface area (Å²) in [6, 6.07) is 14.6. The highest BCUT2D eigenvalue weighted by molar-refractivity contribution is 8.19. The molecule has 3 aromatic rings. The molecule has 27 heavy (non-hydrogen) atoms. The summed E-state index contributed by atoms with van der Waals surface area (Å²) in [5.74, 6) is -0.183. The van der Waals surface area contributed by atoms with Crippen molar-refractivity contribution >= 4 is 74.3 Å². The molecule has 1 amide bonds. The number of aromatic nitrogens is 1. The minimum Gasteiger partial charge on any atom is -0.268 e. The fourth-order valence-electron chi connectivity index (χ4n) is 2.49. The molecule has 0 saturated carbocycles. The standard InChI is InChI=1S/C19H11Cl2N3OS2/c20-14-7-4-8-15(21)13(14)11-16-17(25)24(12-5-2-1-3-6-12)19(27-16)23-18-22-9-10-26-18/h1-11H/b16-11-,23-19+. The molecular formula is C19H11Cl2N3OS2. The number of benzene rings is 2. The quantitative estimate of drug-likeness (QED) is 0.459. The van der Waals surface area contributed by atoms with Crippen LogP contribution in [0.1, 0.15) is 5.56 Å². The Morgan fingerprint density at radius 2 is 1.78 bits per heavy atom. The van der Waals surface area contributed by atoms with E-state index in [1.807, 2.05) is 35.7 Å². The van der Waals surface area contributed by atoms with Crippen molar-refractivity contribution in [1.29, 1.82) is 0 Å². The Bertz CT molecular complexity index is 1030. The van der Waals surface area contributed by atoms with Gasteiger partial charge >= 0.3 is 0 Å². The van der Waals surface area contributed by atoms with Crippen LogP contribution in [0.3, 0.4) is 0 Å². The van der Waals surface area contributed by atoms with Gasteiger partial charge in [-0.1, -0.05) is 47.5 Å². The third kappa shape index (κ3) is 3.80. The molecule has 0 bridgehead atoms. The number of carbonyl (C=O) groups is 1. The molecule has 0 unspecified atom stereocenters. The zero-order valence-electron chi connectivity index (χ0n) is 13.7. The normalized spacial score (nSPS) is 17.3. The van der Waals surface area contributed by atoms with Crippen molar-refractivity contribution in [2.45, 2.75) is 0 Å². The maximum absolute atomic E-state index is 13.1. The number of halogens is 2. The number of amides is 1. The number of hydrogen-bond donors (Lipinski definition) is 0. The van der Waals surface area contributed by atoms with Gasteiger partial charge in [-0.05, 0) is 42.1 Å². The summed E-state index contributed by atoms with van der Waals surface area (Å²) in [7, 11) is 0. The van der Waals surface area contributed by atoms with Crippen molar-refractivity contribution in [2.75, 3.05) is 4.90 Å². The SMILES string of the molecule is O=C1/C(=C/c2c(Cl)cccc2Cl)S/C(=N/c2nccs2)N1c1ccccc1. The van der Waals surface area contributed by atoms with Crippen LogP contribution in [0.15, 0.2) is 70.0 Å². The zero-order valence-corrected chi connectivity index (χ0v) is 16.8. The molecule has 4 nitrogen and oxygen atoms in total. The Hall–Kier alpha value is -2.12. The average Bonchev–Trinajstić information content (AvgIpc) is 3.28. The Kier molecular flexibility index (Phi) is 5.31. The summed E-state index contributed by atoms with van der Waals surface area (Å²) in [4.78, 5) is 23.9. The first-order valence-electron chi connectivity index (χ1n) is 7.85. The summed E-state index contributed by atoms with van der Waals surface area (Å²) in [6.45, 7) is 0. The van der Waals surface area contributed by atoms with Crippen molar-refractivity contribution in [2.24, 2.45) is 4.99 Å². The van der Waals surface area contributed by atoms with E-state index in [2.05, 4.69) is 9.98 Å². The first-order chi connectivity index (χ1) is 13.1. The molecule has 0 radical (unpaired) electrons. The van der Waals surface area contributed by atoms with Crippen LogP contribution in [-0.2, 0) is 4.79 Å². The van der Waals surface area contributed by atoms with E-state index >= 15 is 0 Å². The predicted molar refractivity (Wildman–Crippen MR) is 115 cm³/mol. The first kappa shape index (κ1) is 18.3. The van der Waals surface area contributed by atoms with Crippen LogP contribution in [0.5, 0.6) is 0 Å². The monoisotopic (exact) mass is 431 g/mol. The van der Waals surface area contributed by atoms with Gasteiger partial charge in [0.2, 0.25) is 5.13 Å². The van der Waals surface area contributed by atoms with E-state index < -0.39 is 0 Å². The van der Waals surface area contributed by atoms with E-state index in [-0.39, 0.29) is 5.91 Å². The van der Waals surface area contributed by atoms with Crippen LogP contribution in [-0.4, -0.2) is 16.1 Å². The molecule has 1 aliphatic heterocycles. The molecule has 1 saturated heterocycles. The largest absolute Gasteiger partial charge is 0.271 e. The Morgan fingerprint density at radius 3 is 2.44 bits per heavy atom. The number of thioether (sulfide) groups is 1. The summed E-state index contributed by atoms with van der Waals surface area (Å²) in [5.41, 5.74) is 1.35. The molecule has 0 spiro atoms. The lowest BCUT2D eigenvalue weighted by atomic mass is 10.2. The maximum atomic E-state index is 13.1. The summed E-state index contributed by atoms with van der Waals surface area (Å²) in [5, 5.41) is 3.94. The van der Waals surface area contributed by atoms with Gasteiger partial charge in [0.05, 0.1) is 10.6 Å². The van der Waals surface area contributed by atoms with Gasteiger partial charge < -0.3 is 0 Å². The molecule has 0 N–H and O–H groups in total. The van der Waals surface area contributed by atoms with Gasteiger partial charge in [-0.2, -0.15) is 4.99 Å². The topological polar surface area (TPSA) is 45.6 Å². The number of nitrogens with zero attached hydrogens (tertiary/aromatic N) is 3. The van der Waals surface area contributed by atoms with Crippen LogP contribution in [0.4, 0.5) is 10.8 Å². The highest BCUT2D eigenvalue weighted by Gasteiger charge is 2.35. The van der Waals surface area contributed by atoms with E-state index in [1.165, 1.54) is 23.1 Å². The van der Waals surface area contributed by atoms with E-state index in [1.54, 1.807) is 35.4 Å². The average molecular weight is 432 g/mol. The van der Waals surface area contributed by atoms with Crippen LogP contribution < -0.4 is 4.90 Å². The van der Waals surface area contributed by atoms with E-state index in [4.69, 9.17) is 23.2 Å². The van der Waals surface area contributed by atoms with Crippen molar-refractivity contribution in [1.82, 2.24) is 4.98 Å². The molecule has 1 aliphatic rings. The maximum Gasteiger partial charge on any atom is 0.271 e. The third-order valence-corrected chi connectivity index (χ3v) is 6.00. The van der Waals surface area contributed by atoms with Crippen LogP contribution in [0.25, 0.3) is 6.08 Å². The molecule has 0 atom stereocenters. The number of aliphatic imine (C=N–C) groups is 1. The number of rotatable bonds is 3. The second-order valence-corrected chi connectivity index (χ2v) is 8.13. The fourth-order valence-corrected chi connectivity index (χ4v) is 4.52. The van der Waals surface area contributed by atoms with Gasteiger partial charge in [-0.25, -0.2) is 4.98 Å². The number of para-hydroxylation sites is 1. The van der Waals surface area contributed by atoms with Crippen LogP contribution in [0.2, 0.25) is 10.0 Å². The van der Waals surface area contributed by atoms with E-state index in [0.29, 0.717) is 30.8 Å². The number of carbonyl (C=O) groups excluding carboxylic acids is 1. The highest BCUT2D eigenvalue weighted by atomic mass is 35.5. The van der Waals surface area contributed by atoms with Crippen LogP contribution >= 0.6 is 46.3 Å². The number of hydrogen-bond acceptors (Lipinski definition) is 5. The molecule has 134 valence electrons. The molecule has 2 heterocycles. The smallest absolute Gasteiger partial charge is 0.268 e. The summed E-state index contributed by atoms with van der Waals surface area (Å²) < 4.78 is 0. The Balaban J connectivity index is 1.80. The molecule has 4 rings (SSSR count). The van der Waals surface area contributed by atoms with Crippen molar-refractivity contribution < 1.29 is 4.79 Å². The Morgan fingerprint density at radius 1 is 1.04 bits per heavy atom. The fraction of sp³-hybridized carbons (Fsp3) is 0.